The van der Waals surface area contributed by atoms with Crippen LogP contribution in [0.1, 0.15) is 0 Å². The Bertz CT molecular complexity index is 262. The van der Waals surface area contributed by atoms with E-state index in [9.17, 15) is 3.74 Å². The van der Waals surface area contributed by atoms with Crippen molar-refractivity contribution < 1.29 is 8.85 Å². The molecule has 0 fully saturated rings. The predicted molar refractivity (Wildman–Crippen MR) is 38.6 cm³/mol. The van der Waals surface area contributed by atoms with E-state index in [-0.39, 0.29) is 11.4 Å². The van der Waals surface area contributed by atoms with E-state index in [2.05, 4.69) is 0 Å². The molecule has 0 heterocycles. The quantitative estimate of drug-likeness (QED) is 0.369. The van der Waals surface area contributed by atoms with Gasteiger partial charge in [-0.25, -0.2) is 0 Å². The molecular weight excluding hydrogens is 193 g/mol. The van der Waals surface area contributed by atoms with E-state index in [0.717, 1.165) is 0 Å². The molecule has 0 aliphatic heterocycles. The number of hydrogen-bond acceptors (Lipinski definition) is 3. The zero-order valence-electron chi connectivity index (χ0n) is 5.11. The Labute approximate surface area is 64.8 Å². The summed E-state index contributed by atoms with van der Waals surface area (Å²) in [5.74, 6) is 0.0402. The summed E-state index contributed by atoms with van der Waals surface area (Å²) in [6.45, 7) is 0. The zero-order valence-corrected chi connectivity index (χ0v) is 6.99. The van der Waals surface area contributed by atoms with Crippen LogP contribution in [0.3, 0.4) is 0 Å². The molecule has 1 aromatic rings. The van der Waals surface area contributed by atoms with Crippen molar-refractivity contribution in [3.05, 3.63) is 18.2 Å². The molecule has 0 radical (unpaired) electrons. The summed E-state index contributed by atoms with van der Waals surface area (Å²) in [5, 5.41) is 8.92. The van der Waals surface area contributed by atoms with Crippen molar-refractivity contribution >= 4 is 25.7 Å². The second kappa shape index (κ2) is 2.84. The number of aromatic hydroxyl groups is 1. The summed E-state index contributed by atoms with van der Waals surface area (Å²) in [4.78, 5) is 0. The summed E-state index contributed by atoms with van der Waals surface area (Å²) >= 11 is -1.03. The molecule has 1 rings (SSSR count). The van der Waals surface area contributed by atoms with Crippen molar-refractivity contribution in [3.8, 4) is 5.75 Å². The molecule has 0 amide bonds. The summed E-state index contributed by atoms with van der Waals surface area (Å²) < 4.78 is 11.0. The maximum absolute atomic E-state index is 10.4. The number of phenols is 1. The second-order valence-electron chi connectivity index (χ2n) is 1.83. The molecule has 4 heteroatoms. The third kappa shape index (κ3) is 1.36. The molecule has 0 bridgehead atoms. The number of nitrogens with two attached hydrogens (primary N) is 1. The molecule has 0 saturated carbocycles. The van der Waals surface area contributed by atoms with Crippen molar-refractivity contribution in [1.82, 2.24) is 0 Å². The number of nitrogen functional groups attached to an aromatic ring is 1. The molecule has 0 atom stereocenters. The van der Waals surface area contributed by atoms with E-state index in [4.69, 9.17) is 10.8 Å². The van der Waals surface area contributed by atoms with Gasteiger partial charge in [0.25, 0.3) is 0 Å². The van der Waals surface area contributed by atoms with Gasteiger partial charge >= 0.3 is 64.3 Å². The van der Waals surface area contributed by atoms with Gasteiger partial charge in [-0.05, 0) is 0 Å². The number of phenolic OH excluding ortho intramolecular Hbond substituents is 1. The summed E-state index contributed by atoms with van der Waals surface area (Å²) in [6.07, 6.45) is 0. The first-order valence-electron chi connectivity index (χ1n) is 2.66. The van der Waals surface area contributed by atoms with Gasteiger partial charge in [0.2, 0.25) is 0 Å². The van der Waals surface area contributed by atoms with E-state index in [1.807, 2.05) is 0 Å². The van der Waals surface area contributed by atoms with Gasteiger partial charge in [0.05, 0.1) is 0 Å². The van der Waals surface area contributed by atoms with Crippen molar-refractivity contribution in [1.29, 1.82) is 0 Å². The average Bonchev–Trinajstić information content (AvgIpc) is 1.95. The van der Waals surface area contributed by atoms with Crippen LogP contribution in [0.4, 0.5) is 5.69 Å². The Kier molecular flexibility index (Phi) is 2.07. The van der Waals surface area contributed by atoms with E-state index in [1.165, 1.54) is 12.1 Å². The SMILES string of the molecule is Nc1cc([As]=O)ccc1O. The van der Waals surface area contributed by atoms with Crippen LogP contribution in [0.5, 0.6) is 5.75 Å². The minimum atomic E-state index is -1.03. The van der Waals surface area contributed by atoms with Gasteiger partial charge < -0.3 is 0 Å². The second-order valence-corrected chi connectivity index (χ2v) is 3.30. The minimum absolute atomic E-state index is 0.0402. The fourth-order valence-electron chi connectivity index (χ4n) is 0.599. The number of anilines is 1. The Morgan fingerprint density at radius 2 is 2.20 bits per heavy atom. The molecule has 52 valence electrons. The molecule has 0 saturated heterocycles. The third-order valence-corrected chi connectivity index (χ3v) is 2.14. The zero-order chi connectivity index (χ0) is 7.56. The van der Waals surface area contributed by atoms with Gasteiger partial charge in [-0.15, -0.1) is 0 Å². The first-order chi connectivity index (χ1) is 4.74. The number of hydrogen-bond donors (Lipinski definition) is 2. The topological polar surface area (TPSA) is 63.3 Å². The predicted octanol–water partition coefficient (Wildman–Crippen LogP) is -0.351. The molecule has 1 aromatic carbocycles. The normalized spacial score (nSPS) is 10.0. The van der Waals surface area contributed by atoms with Crippen LogP contribution in [0.15, 0.2) is 18.2 Å². The molecule has 0 spiro atoms. The Balaban J connectivity index is 3.16. The average molecular weight is 199 g/mol. The summed E-state index contributed by atoms with van der Waals surface area (Å²) in [5.41, 5.74) is 5.60. The van der Waals surface area contributed by atoms with Crippen LogP contribution < -0.4 is 10.1 Å². The summed E-state index contributed by atoms with van der Waals surface area (Å²) in [7, 11) is 0. The van der Waals surface area contributed by atoms with Crippen LogP contribution in [0.2, 0.25) is 0 Å². The van der Waals surface area contributed by atoms with Crippen LogP contribution in [0, 0.1) is 0 Å². The molecular formula is C6H6AsNO2. The molecule has 0 unspecified atom stereocenters. The van der Waals surface area contributed by atoms with Crippen molar-refractivity contribution in [2.24, 2.45) is 0 Å². The molecule has 10 heavy (non-hydrogen) atoms. The third-order valence-electron chi connectivity index (χ3n) is 1.12. The van der Waals surface area contributed by atoms with Crippen LogP contribution in [-0.2, 0) is 3.74 Å². The van der Waals surface area contributed by atoms with Gasteiger partial charge in [0.1, 0.15) is 0 Å². The standard InChI is InChI=1S/C6H6AsNO2/c8-5-3-4(7-10)1-2-6(5)9/h1-3,9H,8H2. The molecule has 0 aromatic heterocycles. The Morgan fingerprint density at radius 1 is 1.50 bits per heavy atom. The number of benzene rings is 1. The fraction of sp³-hybridized carbons (Fsp3) is 0. The van der Waals surface area contributed by atoms with Crippen molar-refractivity contribution in [3.63, 3.8) is 0 Å². The van der Waals surface area contributed by atoms with Gasteiger partial charge in [-0.2, -0.15) is 0 Å². The van der Waals surface area contributed by atoms with Gasteiger partial charge in [-0.3, -0.25) is 0 Å². The van der Waals surface area contributed by atoms with Gasteiger partial charge in [0.15, 0.2) is 0 Å². The monoisotopic (exact) mass is 199 g/mol. The Hall–Kier alpha value is -0.822. The summed E-state index contributed by atoms with van der Waals surface area (Å²) in [6, 6.07) is 4.55. The number of rotatable bonds is 1. The first kappa shape index (κ1) is 7.29. The van der Waals surface area contributed by atoms with E-state index in [0.29, 0.717) is 4.35 Å². The van der Waals surface area contributed by atoms with Crippen molar-refractivity contribution in [2.75, 3.05) is 5.73 Å². The van der Waals surface area contributed by atoms with Gasteiger partial charge in [0, 0.05) is 0 Å². The van der Waals surface area contributed by atoms with E-state index >= 15 is 0 Å². The van der Waals surface area contributed by atoms with E-state index < -0.39 is 15.7 Å². The molecule has 3 N–H and O–H groups in total. The molecule has 0 aliphatic rings. The van der Waals surface area contributed by atoms with Crippen LogP contribution >= 0.6 is 0 Å². The van der Waals surface area contributed by atoms with Crippen LogP contribution in [-0.4, -0.2) is 20.8 Å². The van der Waals surface area contributed by atoms with Crippen LogP contribution in [0.25, 0.3) is 0 Å². The molecule has 3 nitrogen and oxygen atoms in total. The van der Waals surface area contributed by atoms with E-state index in [1.54, 1.807) is 6.07 Å². The maximum atomic E-state index is 10.4. The Morgan fingerprint density at radius 3 is 2.70 bits per heavy atom. The molecule has 0 aliphatic carbocycles. The van der Waals surface area contributed by atoms with Crippen molar-refractivity contribution in [2.45, 2.75) is 0 Å². The first-order valence-corrected chi connectivity index (χ1v) is 4.36. The van der Waals surface area contributed by atoms with Gasteiger partial charge in [-0.1, -0.05) is 0 Å². The fourth-order valence-corrected chi connectivity index (χ4v) is 1.29.